The van der Waals surface area contributed by atoms with Crippen LogP contribution in [0, 0.1) is 6.92 Å². The van der Waals surface area contributed by atoms with E-state index in [9.17, 15) is 9.59 Å². The van der Waals surface area contributed by atoms with E-state index in [0.717, 1.165) is 11.1 Å². The van der Waals surface area contributed by atoms with Crippen LogP contribution in [0.5, 0.6) is 0 Å². The number of benzene rings is 1. The molecular formula is C34H48Cl3N5O4Si. The molecule has 4 rings (SSSR count). The maximum Gasteiger partial charge on any atom is 0.410 e. The Labute approximate surface area is 294 Å². The number of aromatic nitrogens is 3. The first-order valence-electron chi connectivity index (χ1n) is 16.0. The van der Waals surface area contributed by atoms with Crippen LogP contribution in [0.2, 0.25) is 33.3 Å². The first-order valence-corrected chi connectivity index (χ1v) is 20.1. The molecule has 9 nitrogen and oxygen atoms in total. The SMILES string of the molecule is Cc1cccc(C(C)C)c1-n1c(=O)nc(N2C[C@@H](C)N(C(=O)OC(C)(C)C)C[C@@H]2CO[Si](C)(C)C(C)(C)C)c2c(Cl)c(Cl)c(Cl)nc21. The summed E-state index contributed by atoms with van der Waals surface area (Å²) < 4.78 is 14.0. The molecule has 2 atom stereocenters. The predicted octanol–water partition coefficient (Wildman–Crippen LogP) is 9.01. The molecule has 0 unspecified atom stereocenters. The molecule has 1 fully saturated rings. The highest BCUT2D eigenvalue weighted by Gasteiger charge is 2.42. The highest BCUT2D eigenvalue weighted by molar-refractivity contribution is 6.74. The zero-order valence-corrected chi connectivity index (χ0v) is 32.9. The minimum atomic E-state index is -2.22. The molecule has 13 heteroatoms. The first kappa shape index (κ1) is 37.4. The van der Waals surface area contributed by atoms with Crippen LogP contribution in [0.4, 0.5) is 10.6 Å². The van der Waals surface area contributed by atoms with Gasteiger partial charge >= 0.3 is 11.8 Å². The number of para-hydroxylation sites is 1. The zero-order valence-electron chi connectivity index (χ0n) is 29.6. The molecule has 0 saturated carbocycles. The Morgan fingerprint density at radius 2 is 1.68 bits per heavy atom. The van der Waals surface area contributed by atoms with Gasteiger partial charge in [0.15, 0.2) is 19.1 Å². The number of aryl methyl sites for hydroxylation is 1. The molecule has 0 bridgehead atoms. The number of halogens is 3. The van der Waals surface area contributed by atoms with E-state index in [1.165, 1.54) is 4.57 Å². The van der Waals surface area contributed by atoms with E-state index < -0.39 is 31.7 Å². The second-order valence-electron chi connectivity index (χ2n) is 15.3. The van der Waals surface area contributed by atoms with Gasteiger partial charge in [0.05, 0.1) is 33.8 Å². The molecular weight excluding hydrogens is 677 g/mol. The number of hydrogen-bond acceptors (Lipinski definition) is 7. The summed E-state index contributed by atoms with van der Waals surface area (Å²) in [6, 6.07) is 5.20. The van der Waals surface area contributed by atoms with Crippen molar-refractivity contribution < 1.29 is 14.0 Å². The summed E-state index contributed by atoms with van der Waals surface area (Å²) in [5.41, 5.74) is 1.56. The van der Waals surface area contributed by atoms with E-state index >= 15 is 0 Å². The molecule has 258 valence electrons. The van der Waals surface area contributed by atoms with Gasteiger partial charge in [0.2, 0.25) is 0 Å². The minimum absolute atomic E-state index is 0.0185. The molecule has 47 heavy (non-hydrogen) atoms. The van der Waals surface area contributed by atoms with Gasteiger partial charge in [0.1, 0.15) is 11.4 Å². The van der Waals surface area contributed by atoms with Crippen LogP contribution in [0.15, 0.2) is 23.0 Å². The van der Waals surface area contributed by atoms with Crippen molar-refractivity contribution in [2.75, 3.05) is 24.6 Å². The van der Waals surface area contributed by atoms with E-state index in [-0.39, 0.29) is 51.0 Å². The van der Waals surface area contributed by atoms with Gasteiger partial charge in [-0.15, -0.1) is 0 Å². The Balaban J connectivity index is 1.97. The molecule has 2 aromatic heterocycles. The topological polar surface area (TPSA) is 89.8 Å². The van der Waals surface area contributed by atoms with Gasteiger partial charge in [-0.2, -0.15) is 4.98 Å². The average molecular weight is 725 g/mol. The maximum atomic E-state index is 14.3. The fourth-order valence-electron chi connectivity index (χ4n) is 5.54. The van der Waals surface area contributed by atoms with Crippen LogP contribution in [0.3, 0.4) is 0 Å². The largest absolute Gasteiger partial charge is 0.444 e. The minimum Gasteiger partial charge on any atom is -0.444 e. The number of piperazine rings is 1. The third-order valence-electron chi connectivity index (χ3n) is 9.15. The number of carbonyl (C=O) groups is 1. The summed E-state index contributed by atoms with van der Waals surface area (Å²) in [7, 11) is -2.22. The van der Waals surface area contributed by atoms with Gasteiger partial charge in [-0.1, -0.05) is 87.6 Å². The lowest BCUT2D eigenvalue weighted by Gasteiger charge is -2.47. The Morgan fingerprint density at radius 3 is 2.26 bits per heavy atom. The summed E-state index contributed by atoms with van der Waals surface area (Å²) in [6.45, 7) is 25.3. The second-order valence-corrected chi connectivity index (χ2v) is 21.2. The van der Waals surface area contributed by atoms with Gasteiger partial charge in [0, 0.05) is 19.1 Å². The second kappa shape index (κ2) is 13.5. The number of pyridine rings is 1. The molecule has 0 radical (unpaired) electrons. The van der Waals surface area contributed by atoms with Crippen LogP contribution in [0.25, 0.3) is 16.7 Å². The fraction of sp³-hybridized carbons (Fsp3) is 0.588. The summed E-state index contributed by atoms with van der Waals surface area (Å²) >= 11 is 20.2. The zero-order chi connectivity index (χ0) is 35.4. The smallest absolute Gasteiger partial charge is 0.410 e. The number of fused-ring (bicyclic) bond motifs is 1. The summed E-state index contributed by atoms with van der Waals surface area (Å²) in [5.74, 6) is 0.417. The first-order chi connectivity index (χ1) is 21.6. The summed E-state index contributed by atoms with van der Waals surface area (Å²) in [4.78, 5) is 40.8. The molecule has 3 aromatic rings. The molecule has 1 amide bonds. The van der Waals surface area contributed by atoms with Crippen LogP contribution in [-0.2, 0) is 9.16 Å². The number of nitrogens with zero attached hydrogens (tertiary/aromatic N) is 5. The van der Waals surface area contributed by atoms with Crippen molar-refractivity contribution in [2.24, 2.45) is 0 Å². The van der Waals surface area contributed by atoms with Crippen LogP contribution in [-0.4, -0.2) is 71.2 Å². The Bertz CT molecular complexity index is 1730. The van der Waals surface area contributed by atoms with Crippen molar-refractivity contribution in [3.05, 3.63) is 55.0 Å². The quantitative estimate of drug-likeness (QED) is 0.185. The molecule has 3 heterocycles. The number of amides is 1. The average Bonchev–Trinajstić information content (AvgIpc) is 2.93. The van der Waals surface area contributed by atoms with Gasteiger partial charge in [-0.25, -0.2) is 19.1 Å². The Morgan fingerprint density at radius 1 is 1.04 bits per heavy atom. The molecule has 0 aliphatic carbocycles. The number of hydrogen-bond donors (Lipinski definition) is 0. The van der Waals surface area contributed by atoms with Crippen LogP contribution in [0.1, 0.15) is 79.4 Å². The number of carbonyl (C=O) groups excluding carboxylic acids is 1. The molecule has 1 aliphatic heterocycles. The predicted molar refractivity (Wildman–Crippen MR) is 196 cm³/mol. The number of rotatable bonds is 6. The lowest BCUT2D eigenvalue weighted by atomic mass is 9.98. The standard InChI is InChI=1S/C34H48Cl3N5O4Si/c1-19(2)23-15-13-14-20(3)27(23)42-30-24(25(35)26(36)28(37)38-30)29(39-31(42)43)41-16-21(4)40(32(44)46-33(5,6)7)17-22(41)18-45-47(11,12)34(8,9)10/h13-15,19,21-22H,16-18H2,1-12H3/t21-,22-/m1/s1. The van der Waals surface area contributed by atoms with E-state index in [1.54, 1.807) is 4.90 Å². The van der Waals surface area contributed by atoms with Gasteiger partial charge in [-0.05, 0) is 69.8 Å². The molecule has 1 aliphatic rings. The van der Waals surface area contributed by atoms with Gasteiger partial charge in [0.25, 0.3) is 0 Å². The van der Waals surface area contributed by atoms with Gasteiger partial charge in [-0.3, -0.25) is 0 Å². The number of ether oxygens (including phenoxy) is 1. The molecule has 1 aromatic carbocycles. The third-order valence-corrected chi connectivity index (χ3v) is 14.9. The van der Waals surface area contributed by atoms with Crippen molar-refractivity contribution in [3.8, 4) is 5.69 Å². The van der Waals surface area contributed by atoms with E-state index in [2.05, 4.69) is 52.7 Å². The lowest BCUT2D eigenvalue weighted by Crippen LogP contribution is -2.62. The highest BCUT2D eigenvalue weighted by Crippen LogP contribution is 2.42. The molecule has 0 N–H and O–H groups in total. The normalized spacial score (nSPS) is 18.0. The fourth-order valence-corrected chi connectivity index (χ4v) is 7.20. The molecule has 1 saturated heterocycles. The maximum absolute atomic E-state index is 14.3. The Hall–Kier alpha value is -2.37. The lowest BCUT2D eigenvalue weighted by molar-refractivity contribution is 0.0105. The van der Waals surface area contributed by atoms with Crippen molar-refractivity contribution in [1.29, 1.82) is 0 Å². The van der Waals surface area contributed by atoms with Crippen molar-refractivity contribution in [2.45, 2.75) is 111 Å². The van der Waals surface area contributed by atoms with Crippen molar-refractivity contribution >= 4 is 66.1 Å². The van der Waals surface area contributed by atoms with Crippen LogP contribution >= 0.6 is 34.8 Å². The van der Waals surface area contributed by atoms with E-state index in [4.69, 9.17) is 48.9 Å². The monoisotopic (exact) mass is 723 g/mol. The highest BCUT2D eigenvalue weighted by atomic mass is 35.5. The Kier molecular flexibility index (Phi) is 10.8. The summed E-state index contributed by atoms with van der Waals surface area (Å²) in [5, 5.41) is 0.542. The van der Waals surface area contributed by atoms with Crippen molar-refractivity contribution in [3.63, 3.8) is 0 Å². The van der Waals surface area contributed by atoms with E-state index in [1.807, 2.05) is 57.7 Å². The summed E-state index contributed by atoms with van der Waals surface area (Å²) in [6.07, 6.45) is -0.412. The van der Waals surface area contributed by atoms with Crippen LogP contribution < -0.4 is 10.6 Å². The van der Waals surface area contributed by atoms with Gasteiger partial charge < -0.3 is 19.0 Å². The van der Waals surface area contributed by atoms with Crippen molar-refractivity contribution in [1.82, 2.24) is 19.4 Å². The molecule has 0 spiro atoms. The van der Waals surface area contributed by atoms with E-state index in [0.29, 0.717) is 23.4 Å². The number of anilines is 1. The third kappa shape index (κ3) is 7.62.